The van der Waals surface area contributed by atoms with E-state index in [1.165, 1.54) is 4.90 Å². The number of fused-ring (bicyclic) bond motifs is 3. The standard InChI is InChI=1S/C25H18ClNO3/c26-18-12-11-17-10-9-16-5-1-2-6-19(16)23(22(17)15-18)30-14-13-27-24(28)20-7-3-4-8-21(20)25(27)29/h1-12,15,23H,13-14H2/t23-/m0/s1. The molecule has 0 bridgehead atoms. The molecule has 0 saturated carbocycles. The Morgan fingerprint density at radius 1 is 0.800 bits per heavy atom. The molecule has 1 heterocycles. The average molecular weight is 416 g/mol. The number of nitrogens with zero attached hydrogens (tertiary/aromatic N) is 1. The van der Waals surface area contributed by atoms with Crippen LogP contribution >= 0.6 is 11.6 Å². The Morgan fingerprint density at radius 2 is 1.43 bits per heavy atom. The van der Waals surface area contributed by atoms with Gasteiger partial charge in [0.05, 0.1) is 24.3 Å². The van der Waals surface area contributed by atoms with Gasteiger partial charge in [0.1, 0.15) is 6.10 Å². The number of carbonyl (C=O) groups is 2. The molecule has 30 heavy (non-hydrogen) atoms. The van der Waals surface area contributed by atoms with Gasteiger partial charge in [-0.05, 0) is 46.5 Å². The van der Waals surface area contributed by atoms with E-state index in [9.17, 15) is 9.59 Å². The quantitative estimate of drug-likeness (QED) is 0.548. The summed E-state index contributed by atoms with van der Waals surface area (Å²) >= 11 is 6.27. The second-order valence-electron chi connectivity index (χ2n) is 7.29. The molecule has 4 nitrogen and oxygen atoms in total. The molecule has 3 aromatic carbocycles. The van der Waals surface area contributed by atoms with Gasteiger partial charge in [0.25, 0.3) is 11.8 Å². The van der Waals surface area contributed by atoms with E-state index < -0.39 is 0 Å². The van der Waals surface area contributed by atoms with Crippen LogP contribution in [0.5, 0.6) is 0 Å². The van der Waals surface area contributed by atoms with Crippen molar-refractivity contribution in [3.63, 3.8) is 0 Å². The lowest BCUT2D eigenvalue weighted by Gasteiger charge is -2.23. The first-order valence-electron chi connectivity index (χ1n) is 9.77. The normalized spacial score (nSPS) is 16.8. The van der Waals surface area contributed by atoms with Crippen LogP contribution in [0.25, 0.3) is 12.2 Å². The van der Waals surface area contributed by atoms with Crippen LogP contribution in [0, 0.1) is 0 Å². The SMILES string of the molecule is O=C1c2ccccc2C(=O)N1CCO[C@H]1c2ccccc2C=Cc2ccc(Cl)cc21. The van der Waals surface area contributed by atoms with Gasteiger partial charge >= 0.3 is 0 Å². The van der Waals surface area contributed by atoms with Gasteiger partial charge in [-0.1, -0.05) is 66.2 Å². The zero-order valence-corrected chi connectivity index (χ0v) is 16.8. The highest BCUT2D eigenvalue weighted by Crippen LogP contribution is 2.36. The number of amides is 2. The Morgan fingerprint density at radius 3 is 2.17 bits per heavy atom. The first-order chi connectivity index (χ1) is 14.6. The summed E-state index contributed by atoms with van der Waals surface area (Å²) in [5.41, 5.74) is 4.98. The molecule has 5 rings (SSSR count). The third kappa shape index (κ3) is 3.15. The molecule has 0 N–H and O–H groups in total. The molecule has 0 saturated heterocycles. The fraction of sp³-hybridized carbons (Fsp3) is 0.120. The topological polar surface area (TPSA) is 46.6 Å². The van der Waals surface area contributed by atoms with Gasteiger partial charge in [-0.15, -0.1) is 0 Å². The van der Waals surface area contributed by atoms with Crippen LogP contribution < -0.4 is 0 Å². The van der Waals surface area contributed by atoms with Crippen molar-refractivity contribution in [2.75, 3.05) is 13.2 Å². The van der Waals surface area contributed by atoms with Crippen molar-refractivity contribution in [2.24, 2.45) is 0 Å². The first kappa shape index (κ1) is 18.8. The Kier molecular flexibility index (Phi) is 4.74. The van der Waals surface area contributed by atoms with E-state index in [1.807, 2.05) is 42.5 Å². The molecule has 2 amide bonds. The van der Waals surface area contributed by atoms with Gasteiger partial charge in [0, 0.05) is 5.02 Å². The number of carbonyl (C=O) groups excluding carboxylic acids is 2. The number of hydrogen-bond acceptors (Lipinski definition) is 3. The third-order valence-corrected chi connectivity index (χ3v) is 5.76. The lowest BCUT2D eigenvalue weighted by atomic mass is 9.96. The van der Waals surface area contributed by atoms with Crippen molar-refractivity contribution in [1.29, 1.82) is 0 Å². The minimum atomic E-state index is -0.347. The molecule has 0 unspecified atom stereocenters. The molecule has 0 radical (unpaired) electrons. The summed E-state index contributed by atoms with van der Waals surface area (Å²) in [6, 6.07) is 20.7. The van der Waals surface area contributed by atoms with Crippen molar-refractivity contribution in [3.05, 3.63) is 105 Å². The van der Waals surface area contributed by atoms with Gasteiger partial charge in [-0.25, -0.2) is 0 Å². The highest BCUT2D eigenvalue weighted by molar-refractivity contribution is 6.30. The molecular weight excluding hydrogens is 398 g/mol. The van der Waals surface area contributed by atoms with Crippen molar-refractivity contribution in [3.8, 4) is 0 Å². The monoisotopic (exact) mass is 415 g/mol. The van der Waals surface area contributed by atoms with Gasteiger partial charge < -0.3 is 4.74 Å². The van der Waals surface area contributed by atoms with Gasteiger partial charge in [0.15, 0.2) is 0 Å². The molecule has 3 aromatic rings. The van der Waals surface area contributed by atoms with Crippen molar-refractivity contribution < 1.29 is 14.3 Å². The van der Waals surface area contributed by atoms with E-state index in [2.05, 4.69) is 12.2 Å². The fourth-order valence-corrected chi connectivity index (χ4v) is 4.24. The number of hydrogen-bond donors (Lipinski definition) is 0. The van der Waals surface area contributed by atoms with E-state index >= 15 is 0 Å². The highest BCUT2D eigenvalue weighted by atomic mass is 35.5. The molecule has 2 aliphatic rings. The second-order valence-corrected chi connectivity index (χ2v) is 7.73. The summed E-state index contributed by atoms with van der Waals surface area (Å²) in [5, 5.41) is 0.635. The average Bonchev–Trinajstić information content (AvgIpc) is 2.91. The summed E-state index contributed by atoms with van der Waals surface area (Å²) in [7, 11) is 0. The van der Waals surface area contributed by atoms with Crippen LogP contribution in [0.3, 0.4) is 0 Å². The van der Waals surface area contributed by atoms with E-state index in [1.54, 1.807) is 24.3 Å². The molecule has 148 valence electrons. The van der Waals surface area contributed by atoms with Crippen molar-refractivity contribution >= 4 is 35.6 Å². The Balaban J connectivity index is 1.40. The molecule has 1 atom stereocenters. The van der Waals surface area contributed by atoms with Crippen molar-refractivity contribution in [1.82, 2.24) is 4.90 Å². The maximum Gasteiger partial charge on any atom is 0.261 e. The van der Waals surface area contributed by atoms with Crippen LogP contribution in [0.2, 0.25) is 5.02 Å². The third-order valence-electron chi connectivity index (χ3n) is 5.53. The predicted molar refractivity (Wildman–Crippen MR) is 116 cm³/mol. The Labute approximate surface area is 179 Å². The van der Waals surface area contributed by atoms with Crippen LogP contribution in [-0.2, 0) is 4.74 Å². The minimum absolute atomic E-state index is 0.189. The van der Waals surface area contributed by atoms with Crippen LogP contribution in [-0.4, -0.2) is 29.9 Å². The number of benzene rings is 3. The molecule has 0 aromatic heterocycles. The molecule has 0 spiro atoms. The van der Waals surface area contributed by atoms with E-state index in [0.29, 0.717) is 16.1 Å². The van der Waals surface area contributed by atoms with Crippen LogP contribution in [0.4, 0.5) is 0 Å². The summed E-state index contributed by atoms with van der Waals surface area (Å²) in [5.74, 6) is -0.545. The fourth-order valence-electron chi connectivity index (χ4n) is 4.06. The minimum Gasteiger partial charge on any atom is -0.367 e. The lowest BCUT2D eigenvalue weighted by molar-refractivity contribution is 0.0452. The van der Waals surface area contributed by atoms with Crippen LogP contribution in [0.15, 0.2) is 66.7 Å². The molecule has 5 heteroatoms. The largest absolute Gasteiger partial charge is 0.367 e. The predicted octanol–water partition coefficient (Wildman–Crippen LogP) is 5.23. The number of ether oxygens (including phenoxy) is 1. The number of halogens is 1. The smallest absolute Gasteiger partial charge is 0.261 e. The molecule has 1 aliphatic carbocycles. The maximum atomic E-state index is 12.6. The van der Waals surface area contributed by atoms with E-state index in [4.69, 9.17) is 16.3 Å². The first-order valence-corrected chi connectivity index (χ1v) is 10.1. The Hall–Kier alpha value is -3.21. The number of rotatable bonds is 4. The summed E-state index contributed by atoms with van der Waals surface area (Å²) in [6.45, 7) is 0.408. The van der Waals surface area contributed by atoms with Crippen LogP contribution in [0.1, 0.15) is 49.1 Å². The van der Waals surface area contributed by atoms with Gasteiger partial charge in [0.2, 0.25) is 0 Å². The van der Waals surface area contributed by atoms with Gasteiger partial charge in [-0.2, -0.15) is 0 Å². The summed E-state index contributed by atoms with van der Waals surface area (Å²) in [4.78, 5) is 26.5. The maximum absolute atomic E-state index is 12.6. The van der Waals surface area contributed by atoms with Crippen molar-refractivity contribution in [2.45, 2.75) is 6.10 Å². The summed E-state index contributed by atoms with van der Waals surface area (Å²) in [6.07, 6.45) is 3.77. The molecule has 0 fully saturated rings. The Bertz CT molecular complexity index is 1170. The van der Waals surface area contributed by atoms with E-state index in [0.717, 1.165) is 22.3 Å². The van der Waals surface area contributed by atoms with E-state index in [-0.39, 0.29) is 31.1 Å². The second kappa shape index (κ2) is 7.56. The number of imide groups is 1. The summed E-state index contributed by atoms with van der Waals surface area (Å²) < 4.78 is 6.28. The lowest BCUT2D eigenvalue weighted by Crippen LogP contribution is -2.33. The zero-order chi connectivity index (χ0) is 20.7. The molecular formula is C25H18ClNO3. The van der Waals surface area contributed by atoms with Gasteiger partial charge in [-0.3, -0.25) is 14.5 Å². The highest BCUT2D eigenvalue weighted by Gasteiger charge is 2.35. The zero-order valence-electron chi connectivity index (χ0n) is 16.0. The molecule has 1 aliphatic heterocycles.